The van der Waals surface area contributed by atoms with Crippen molar-refractivity contribution in [2.45, 2.75) is 315 Å². The molecule has 10 heteroatoms. The van der Waals surface area contributed by atoms with Crippen LogP contribution in [0.4, 0.5) is 0 Å². The SMILES string of the molecule is CCCCC/C=C\C/C=C\C/C=C\C/C=C\CCCCCCCC(=O)OC(/C=C/CCCCCCCCCCCCC)C(COP(=O)(O)OCC[N+](C)(C)C)NC(=O)CCCCCCCCCCCCCCCCCCC. The Morgan fingerprint density at radius 1 is 0.455 bits per heavy atom. The highest BCUT2D eigenvalue weighted by atomic mass is 31.2. The third-order valence-electron chi connectivity index (χ3n) is 14.5. The van der Waals surface area contributed by atoms with Gasteiger partial charge in [0.25, 0.3) is 0 Å². The summed E-state index contributed by atoms with van der Waals surface area (Å²) in [6.07, 6.45) is 72.1. The molecule has 0 aromatic carbocycles. The van der Waals surface area contributed by atoms with E-state index in [1.165, 1.54) is 173 Å². The van der Waals surface area contributed by atoms with Gasteiger partial charge in [-0.15, -0.1) is 0 Å². The molecule has 3 unspecified atom stereocenters. The zero-order chi connectivity index (χ0) is 56.4. The van der Waals surface area contributed by atoms with Gasteiger partial charge in [0.15, 0.2) is 0 Å². The van der Waals surface area contributed by atoms with Gasteiger partial charge >= 0.3 is 13.8 Å². The van der Waals surface area contributed by atoms with Crippen LogP contribution in [-0.4, -0.2) is 74.3 Å². The number of carbonyl (C=O) groups excluding carboxylic acids is 2. The van der Waals surface area contributed by atoms with Crippen molar-refractivity contribution in [2.24, 2.45) is 0 Å². The van der Waals surface area contributed by atoms with Crippen LogP contribution >= 0.6 is 7.82 Å². The van der Waals surface area contributed by atoms with E-state index in [2.05, 4.69) is 74.7 Å². The van der Waals surface area contributed by atoms with Crippen molar-refractivity contribution < 1.29 is 37.3 Å². The maximum atomic E-state index is 13.6. The number of esters is 1. The summed E-state index contributed by atoms with van der Waals surface area (Å²) in [5, 5.41) is 3.06. The number of phosphoric ester groups is 1. The molecule has 0 aromatic heterocycles. The zero-order valence-corrected chi connectivity index (χ0v) is 52.3. The minimum Gasteiger partial charge on any atom is -0.456 e. The fourth-order valence-electron chi connectivity index (χ4n) is 9.40. The number of hydrogen-bond acceptors (Lipinski definition) is 6. The molecular weight excluding hydrogens is 976 g/mol. The van der Waals surface area contributed by atoms with Crippen LogP contribution in [-0.2, 0) is 27.9 Å². The van der Waals surface area contributed by atoms with Crippen molar-refractivity contribution in [1.29, 1.82) is 0 Å². The second-order valence-electron chi connectivity index (χ2n) is 23.3. The fraction of sp³-hybridized carbons (Fsp3) is 0.821. The molecule has 0 aliphatic heterocycles. The number of carbonyl (C=O) groups is 2. The quantitative estimate of drug-likeness (QED) is 0.0205. The van der Waals surface area contributed by atoms with Crippen LogP contribution < -0.4 is 5.32 Å². The molecule has 450 valence electrons. The lowest BCUT2D eigenvalue weighted by atomic mass is 10.0. The molecular formula is C67H126N2O7P+. The van der Waals surface area contributed by atoms with Crippen molar-refractivity contribution in [1.82, 2.24) is 5.32 Å². The lowest BCUT2D eigenvalue weighted by Gasteiger charge is -2.27. The van der Waals surface area contributed by atoms with Gasteiger partial charge < -0.3 is 19.4 Å². The van der Waals surface area contributed by atoms with E-state index in [1.54, 1.807) is 0 Å². The fourth-order valence-corrected chi connectivity index (χ4v) is 10.1. The minimum absolute atomic E-state index is 0.0371. The van der Waals surface area contributed by atoms with Gasteiger partial charge in [-0.2, -0.15) is 0 Å². The number of nitrogens with one attached hydrogen (secondary N) is 1. The van der Waals surface area contributed by atoms with E-state index < -0.39 is 20.0 Å². The Kier molecular flexibility index (Phi) is 55.3. The second kappa shape index (κ2) is 57.0. The Balaban J connectivity index is 5.27. The number of likely N-dealkylation sites (N-methyl/N-ethyl adjacent to an activating group) is 1. The van der Waals surface area contributed by atoms with E-state index in [-0.39, 0.29) is 31.5 Å². The predicted octanol–water partition coefficient (Wildman–Crippen LogP) is 20.2. The number of amides is 1. The Morgan fingerprint density at radius 2 is 0.792 bits per heavy atom. The maximum Gasteiger partial charge on any atom is 0.472 e. The first kappa shape index (κ1) is 74.7. The number of rotatable bonds is 59. The average molecular weight is 1100 g/mol. The Morgan fingerprint density at radius 3 is 1.21 bits per heavy atom. The Labute approximate surface area is 477 Å². The highest BCUT2D eigenvalue weighted by Gasteiger charge is 2.30. The number of quaternary nitrogens is 1. The molecule has 0 saturated heterocycles. The Hall–Kier alpha value is -2.29. The molecule has 0 spiro atoms. The molecule has 9 nitrogen and oxygen atoms in total. The van der Waals surface area contributed by atoms with Crippen molar-refractivity contribution in [3.63, 3.8) is 0 Å². The summed E-state index contributed by atoms with van der Waals surface area (Å²) in [6, 6.07) is -0.856. The van der Waals surface area contributed by atoms with Crippen LogP contribution in [0.1, 0.15) is 303 Å². The largest absolute Gasteiger partial charge is 0.472 e. The smallest absolute Gasteiger partial charge is 0.456 e. The van der Waals surface area contributed by atoms with E-state index in [1.807, 2.05) is 33.3 Å². The molecule has 0 rings (SSSR count). The van der Waals surface area contributed by atoms with Gasteiger partial charge in [0.2, 0.25) is 5.91 Å². The number of unbranched alkanes of at least 4 members (excludes halogenated alkanes) is 35. The summed E-state index contributed by atoms with van der Waals surface area (Å²) in [5.41, 5.74) is 0. The van der Waals surface area contributed by atoms with Gasteiger partial charge in [0, 0.05) is 12.8 Å². The molecule has 77 heavy (non-hydrogen) atoms. The predicted molar refractivity (Wildman–Crippen MR) is 332 cm³/mol. The van der Waals surface area contributed by atoms with Gasteiger partial charge in [-0.25, -0.2) is 4.57 Å². The van der Waals surface area contributed by atoms with Crippen LogP contribution in [0.3, 0.4) is 0 Å². The van der Waals surface area contributed by atoms with E-state index in [9.17, 15) is 19.0 Å². The molecule has 3 atom stereocenters. The summed E-state index contributed by atoms with van der Waals surface area (Å²) >= 11 is 0. The molecule has 0 fully saturated rings. The number of hydrogen-bond donors (Lipinski definition) is 2. The topological polar surface area (TPSA) is 111 Å². The highest BCUT2D eigenvalue weighted by Crippen LogP contribution is 2.43. The first-order chi connectivity index (χ1) is 37.4. The molecule has 0 aliphatic rings. The molecule has 2 N–H and O–H groups in total. The van der Waals surface area contributed by atoms with E-state index in [0.717, 1.165) is 96.3 Å². The molecule has 0 saturated carbocycles. The van der Waals surface area contributed by atoms with Crippen LogP contribution in [0.2, 0.25) is 0 Å². The zero-order valence-electron chi connectivity index (χ0n) is 51.5. The van der Waals surface area contributed by atoms with Crippen LogP contribution in [0, 0.1) is 0 Å². The van der Waals surface area contributed by atoms with Gasteiger partial charge in [-0.3, -0.25) is 18.6 Å². The first-order valence-electron chi connectivity index (χ1n) is 32.6. The molecule has 0 aliphatic carbocycles. The first-order valence-corrected chi connectivity index (χ1v) is 34.1. The lowest BCUT2D eigenvalue weighted by Crippen LogP contribution is -2.47. The Bertz CT molecular complexity index is 1500. The summed E-state index contributed by atoms with van der Waals surface area (Å²) in [6.45, 7) is 7.00. The van der Waals surface area contributed by atoms with Crippen molar-refractivity contribution >= 4 is 19.7 Å². The molecule has 0 bridgehead atoms. The molecule has 0 heterocycles. The third kappa shape index (κ3) is 58.2. The van der Waals surface area contributed by atoms with Gasteiger partial charge in [-0.1, -0.05) is 275 Å². The average Bonchev–Trinajstić information content (AvgIpc) is 3.39. The van der Waals surface area contributed by atoms with Gasteiger partial charge in [-0.05, 0) is 76.7 Å². The van der Waals surface area contributed by atoms with Crippen LogP contribution in [0.5, 0.6) is 0 Å². The van der Waals surface area contributed by atoms with E-state index >= 15 is 0 Å². The van der Waals surface area contributed by atoms with Crippen molar-refractivity contribution in [3.05, 3.63) is 60.8 Å². The summed E-state index contributed by atoms with van der Waals surface area (Å²) in [4.78, 5) is 37.8. The third-order valence-corrected chi connectivity index (χ3v) is 15.4. The number of ether oxygens (including phenoxy) is 1. The van der Waals surface area contributed by atoms with Crippen molar-refractivity contribution in [3.8, 4) is 0 Å². The standard InChI is InChI=1S/C67H125N2O7P/c1-7-10-13-16-19-22-25-28-30-32-33-34-35-37-39-42-45-48-51-54-57-60-67(71)76-65(58-55-52-49-46-43-40-27-24-21-18-15-12-9-3)64(63-75-77(72,73)74-62-61-69(4,5)6)68-66(70)59-56-53-50-47-44-41-38-36-31-29-26-23-20-17-14-11-8-2/h19,22,28,30,33-34,37,39,55,58,64-65H,7-18,20-21,23-27,29,31-32,35-36,38,40-54,56-57,59-63H2,1-6H3,(H-,68,70,72,73)/p+1/b22-19-,30-28-,34-33-,39-37-,58-55+. The second-order valence-corrected chi connectivity index (χ2v) is 24.7. The number of phosphoric acid groups is 1. The van der Waals surface area contributed by atoms with Gasteiger partial charge in [0.05, 0.1) is 33.8 Å². The number of nitrogens with zero attached hydrogens (tertiary/aromatic N) is 1. The van der Waals surface area contributed by atoms with Crippen molar-refractivity contribution in [2.75, 3.05) is 40.9 Å². The van der Waals surface area contributed by atoms with E-state index in [4.69, 9.17) is 13.8 Å². The summed E-state index contributed by atoms with van der Waals surface area (Å²) < 4.78 is 30.7. The minimum atomic E-state index is -4.45. The van der Waals surface area contributed by atoms with Crippen LogP contribution in [0.15, 0.2) is 60.8 Å². The van der Waals surface area contributed by atoms with Gasteiger partial charge in [0.1, 0.15) is 19.3 Å². The highest BCUT2D eigenvalue weighted by molar-refractivity contribution is 7.47. The monoisotopic (exact) mass is 1100 g/mol. The summed E-state index contributed by atoms with van der Waals surface area (Å²) in [7, 11) is 1.49. The molecule has 0 radical (unpaired) electrons. The normalized spacial score (nSPS) is 14.0. The molecule has 0 aromatic rings. The summed E-state index contributed by atoms with van der Waals surface area (Å²) in [5.74, 6) is -0.515. The number of allylic oxidation sites excluding steroid dienone is 9. The lowest BCUT2D eigenvalue weighted by molar-refractivity contribution is -0.870. The molecule has 1 amide bonds. The van der Waals surface area contributed by atoms with Crippen LogP contribution in [0.25, 0.3) is 0 Å². The maximum absolute atomic E-state index is 13.6. The van der Waals surface area contributed by atoms with E-state index in [0.29, 0.717) is 17.4 Å².